The highest BCUT2D eigenvalue weighted by atomic mass is 127. The van der Waals surface area contributed by atoms with Gasteiger partial charge in [0, 0.05) is 20.1 Å². The molecule has 0 aromatic carbocycles. The van der Waals surface area contributed by atoms with E-state index in [4.69, 9.17) is 0 Å². The predicted molar refractivity (Wildman–Crippen MR) is 66.0 cm³/mol. The van der Waals surface area contributed by atoms with Gasteiger partial charge in [-0.05, 0) is 6.42 Å². The number of hydrogen-bond acceptors (Lipinski definition) is 1. The van der Waals surface area contributed by atoms with E-state index in [0.29, 0.717) is 13.0 Å². The van der Waals surface area contributed by atoms with Gasteiger partial charge in [-0.1, -0.05) is 0 Å². The van der Waals surface area contributed by atoms with Crippen LogP contribution in [0.5, 0.6) is 0 Å². The molecule has 0 spiro atoms. The standard InChI is InChI=1S/C8H15F4N3.HI/c1-13-7(14-5-2-4-9)15-6-3-8(10,11)12;/h2-6H2,1H3,(H2,13,14,15);1H. The van der Waals surface area contributed by atoms with Crippen molar-refractivity contribution in [3.63, 3.8) is 0 Å². The van der Waals surface area contributed by atoms with Crippen LogP contribution < -0.4 is 10.6 Å². The zero-order valence-electron chi connectivity index (χ0n) is 8.90. The van der Waals surface area contributed by atoms with Crippen LogP contribution in [-0.4, -0.2) is 38.9 Å². The molecule has 16 heavy (non-hydrogen) atoms. The van der Waals surface area contributed by atoms with Gasteiger partial charge >= 0.3 is 6.18 Å². The van der Waals surface area contributed by atoms with E-state index in [0.717, 1.165) is 0 Å². The van der Waals surface area contributed by atoms with Crippen LogP contribution in [-0.2, 0) is 0 Å². The molecule has 0 radical (unpaired) electrons. The van der Waals surface area contributed by atoms with Crippen molar-refractivity contribution in [2.24, 2.45) is 4.99 Å². The molecule has 0 atom stereocenters. The lowest BCUT2D eigenvalue weighted by Gasteiger charge is -2.12. The lowest BCUT2D eigenvalue weighted by Crippen LogP contribution is -2.39. The molecule has 0 saturated heterocycles. The van der Waals surface area contributed by atoms with Crippen LogP contribution in [0.25, 0.3) is 0 Å². The molecular formula is C8H16F4IN3. The highest BCUT2D eigenvalue weighted by Gasteiger charge is 2.26. The maximum atomic E-state index is 11.8. The van der Waals surface area contributed by atoms with E-state index in [1.807, 2.05) is 0 Å². The minimum atomic E-state index is -4.18. The minimum Gasteiger partial charge on any atom is -0.356 e. The van der Waals surface area contributed by atoms with E-state index in [2.05, 4.69) is 15.6 Å². The molecule has 0 amide bonds. The Morgan fingerprint density at radius 3 is 2.19 bits per heavy atom. The summed E-state index contributed by atoms with van der Waals surface area (Å²) in [6.45, 7) is -0.354. The Labute approximate surface area is 109 Å². The summed E-state index contributed by atoms with van der Waals surface area (Å²) >= 11 is 0. The van der Waals surface area contributed by atoms with Gasteiger partial charge in [-0.15, -0.1) is 24.0 Å². The first-order chi connectivity index (χ1) is 6.99. The fourth-order valence-corrected chi connectivity index (χ4v) is 0.817. The largest absolute Gasteiger partial charge is 0.390 e. The van der Waals surface area contributed by atoms with Crippen LogP contribution in [0.1, 0.15) is 12.8 Å². The number of guanidine groups is 1. The van der Waals surface area contributed by atoms with Gasteiger partial charge in [-0.2, -0.15) is 13.2 Å². The normalized spacial score (nSPS) is 11.9. The summed E-state index contributed by atoms with van der Waals surface area (Å²) in [7, 11) is 1.44. The van der Waals surface area contributed by atoms with Crippen molar-refractivity contribution < 1.29 is 17.6 Å². The van der Waals surface area contributed by atoms with Crippen molar-refractivity contribution in [1.29, 1.82) is 0 Å². The lowest BCUT2D eigenvalue weighted by molar-refractivity contribution is -0.132. The van der Waals surface area contributed by atoms with Crippen molar-refractivity contribution in [3.05, 3.63) is 0 Å². The third-order valence-electron chi connectivity index (χ3n) is 1.53. The van der Waals surface area contributed by atoms with Crippen LogP contribution in [0.2, 0.25) is 0 Å². The second-order valence-electron chi connectivity index (χ2n) is 2.83. The van der Waals surface area contributed by atoms with Crippen molar-refractivity contribution in [2.75, 3.05) is 26.8 Å². The summed E-state index contributed by atoms with van der Waals surface area (Å²) in [5.41, 5.74) is 0. The fourth-order valence-electron chi connectivity index (χ4n) is 0.817. The molecule has 0 fully saturated rings. The van der Waals surface area contributed by atoms with Crippen LogP contribution in [0.3, 0.4) is 0 Å². The average Bonchev–Trinajstić information content (AvgIpc) is 2.14. The molecule has 0 unspecified atom stereocenters. The smallest absolute Gasteiger partial charge is 0.356 e. The minimum absolute atomic E-state index is 0. The Hall–Kier alpha value is -0.280. The number of nitrogens with zero attached hydrogens (tertiary/aromatic N) is 1. The molecule has 0 aromatic heterocycles. The molecule has 0 aliphatic carbocycles. The Bertz CT molecular complexity index is 196. The van der Waals surface area contributed by atoms with Gasteiger partial charge in [0.1, 0.15) is 0 Å². The van der Waals surface area contributed by atoms with Crippen LogP contribution in [0.4, 0.5) is 17.6 Å². The highest BCUT2D eigenvalue weighted by Crippen LogP contribution is 2.17. The maximum absolute atomic E-state index is 11.8. The van der Waals surface area contributed by atoms with Crippen molar-refractivity contribution in [2.45, 2.75) is 19.0 Å². The number of hydrogen-bond donors (Lipinski definition) is 2. The Balaban J connectivity index is 0. The van der Waals surface area contributed by atoms with E-state index in [1.165, 1.54) is 7.05 Å². The number of aliphatic imine (C=N–C) groups is 1. The summed E-state index contributed by atoms with van der Waals surface area (Å²) in [4.78, 5) is 3.68. The van der Waals surface area contributed by atoms with Crippen LogP contribution in [0.15, 0.2) is 4.99 Å². The monoisotopic (exact) mass is 357 g/mol. The van der Waals surface area contributed by atoms with Crippen molar-refractivity contribution in [1.82, 2.24) is 10.6 Å². The summed E-state index contributed by atoms with van der Waals surface area (Å²) in [6, 6.07) is 0. The summed E-state index contributed by atoms with van der Waals surface area (Å²) in [6.07, 6.45) is -4.79. The molecule has 0 aliphatic heterocycles. The Kier molecular flexibility index (Phi) is 11.2. The first-order valence-electron chi connectivity index (χ1n) is 4.57. The fraction of sp³-hybridized carbons (Fsp3) is 0.875. The van der Waals surface area contributed by atoms with E-state index >= 15 is 0 Å². The first-order valence-corrected chi connectivity index (χ1v) is 4.57. The molecule has 8 heteroatoms. The summed E-state index contributed by atoms with van der Waals surface area (Å²) < 4.78 is 47.0. The second-order valence-corrected chi connectivity index (χ2v) is 2.83. The number of alkyl halides is 4. The van der Waals surface area contributed by atoms with Gasteiger partial charge < -0.3 is 10.6 Å². The van der Waals surface area contributed by atoms with E-state index in [9.17, 15) is 17.6 Å². The Morgan fingerprint density at radius 2 is 1.75 bits per heavy atom. The molecule has 98 valence electrons. The zero-order chi connectivity index (χ0) is 11.7. The number of nitrogens with one attached hydrogen (secondary N) is 2. The van der Waals surface area contributed by atoms with Crippen LogP contribution in [0, 0.1) is 0 Å². The second kappa shape index (κ2) is 9.91. The third-order valence-corrected chi connectivity index (χ3v) is 1.53. The van der Waals surface area contributed by atoms with E-state index in [-0.39, 0.29) is 36.5 Å². The van der Waals surface area contributed by atoms with Gasteiger partial charge in [0.2, 0.25) is 0 Å². The molecular weight excluding hydrogens is 341 g/mol. The molecule has 0 aliphatic rings. The predicted octanol–water partition coefficient (Wildman–Crippen LogP) is 2.08. The molecule has 0 saturated carbocycles. The molecule has 0 heterocycles. The van der Waals surface area contributed by atoms with Crippen molar-refractivity contribution >= 4 is 29.9 Å². The zero-order valence-corrected chi connectivity index (χ0v) is 11.2. The van der Waals surface area contributed by atoms with E-state index < -0.39 is 19.3 Å². The summed E-state index contributed by atoms with van der Waals surface area (Å²) in [5, 5.41) is 5.17. The molecule has 0 bridgehead atoms. The van der Waals surface area contributed by atoms with Gasteiger partial charge in [0.05, 0.1) is 13.1 Å². The van der Waals surface area contributed by atoms with Crippen LogP contribution >= 0.6 is 24.0 Å². The SMILES string of the molecule is CN=C(NCCCF)NCCC(F)(F)F.I. The maximum Gasteiger partial charge on any atom is 0.390 e. The quantitative estimate of drug-likeness (QED) is 0.260. The third kappa shape index (κ3) is 11.8. The lowest BCUT2D eigenvalue weighted by atomic mass is 10.4. The Morgan fingerprint density at radius 1 is 1.19 bits per heavy atom. The van der Waals surface area contributed by atoms with Gasteiger partial charge in [0.15, 0.2) is 5.96 Å². The highest BCUT2D eigenvalue weighted by molar-refractivity contribution is 14.0. The van der Waals surface area contributed by atoms with Crippen molar-refractivity contribution in [3.8, 4) is 0 Å². The first kappa shape index (κ1) is 18.1. The topological polar surface area (TPSA) is 36.4 Å². The van der Waals surface area contributed by atoms with Gasteiger partial charge in [0.25, 0.3) is 0 Å². The van der Waals surface area contributed by atoms with E-state index in [1.54, 1.807) is 0 Å². The molecule has 2 N–H and O–H groups in total. The molecule has 3 nitrogen and oxygen atoms in total. The number of halogens is 5. The van der Waals surface area contributed by atoms with Gasteiger partial charge in [-0.25, -0.2) is 0 Å². The number of rotatable bonds is 5. The van der Waals surface area contributed by atoms with Gasteiger partial charge in [-0.3, -0.25) is 9.38 Å². The molecule has 0 aromatic rings. The molecule has 0 rings (SSSR count). The summed E-state index contributed by atoms with van der Waals surface area (Å²) in [5.74, 6) is 0.257. The average molecular weight is 357 g/mol.